The molecule has 4 atom stereocenters. The minimum Gasteiger partial charge on any atom is -0.481 e. The number of carbonyl (C=O) groups is 6. The molecule has 4 amide bonds. The van der Waals surface area contributed by atoms with Gasteiger partial charge in [0.05, 0.1) is 12.5 Å². The standard InChI is InChI=1S/C20H36N8O8/c1-9(2)15(28-16(32)10(21)5-6-13(22)29)18(34)27-12(8-14(30)31)17(33)26-11(19(35)36)4-3-7-25-20(23)24/h9-12,15H,3-8,21H2,1-2H3,(H2,22,29)(H,26,33)(H,27,34)(H,28,32)(H,30,31)(H,35,36)(H4,23,24,25). The molecule has 0 aliphatic rings. The fraction of sp³-hybridized carbons (Fsp3) is 0.650. The molecule has 0 aromatic carbocycles. The Bertz CT molecular complexity index is 844. The fourth-order valence-corrected chi connectivity index (χ4v) is 2.90. The van der Waals surface area contributed by atoms with Crippen LogP contribution >= 0.6 is 0 Å². The first-order valence-corrected chi connectivity index (χ1v) is 11.1. The van der Waals surface area contributed by atoms with Gasteiger partial charge in [-0.05, 0) is 25.2 Å². The predicted molar refractivity (Wildman–Crippen MR) is 127 cm³/mol. The predicted octanol–water partition coefficient (Wildman–Crippen LogP) is -3.70. The Balaban J connectivity index is 5.40. The summed E-state index contributed by atoms with van der Waals surface area (Å²) in [6.45, 7) is 3.28. The van der Waals surface area contributed by atoms with E-state index in [-0.39, 0.29) is 38.2 Å². The smallest absolute Gasteiger partial charge is 0.326 e. The molecule has 36 heavy (non-hydrogen) atoms. The van der Waals surface area contributed by atoms with Crippen LogP contribution in [0.3, 0.4) is 0 Å². The molecule has 0 aliphatic carbocycles. The zero-order valence-corrected chi connectivity index (χ0v) is 20.2. The normalized spacial score (nSPS) is 14.0. The van der Waals surface area contributed by atoms with E-state index in [1.54, 1.807) is 13.8 Å². The molecule has 0 radical (unpaired) electrons. The first kappa shape index (κ1) is 32.0. The first-order chi connectivity index (χ1) is 16.6. The number of rotatable bonds is 17. The fourth-order valence-electron chi connectivity index (χ4n) is 2.90. The van der Waals surface area contributed by atoms with Crippen LogP contribution in [0.2, 0.25) is 0 Å². The Morgan fingerprint density at radius 3 is 1.89 bits per heavy atom. The topological polar surface area (TPSA) is 295 Å². The van der Waals surface area contributed by atoms with Crippen molar-refractivity contribution in [3.8, 4) is 0 Å². The van der Waals surface area contributed by atoms with Crippen LogP contribution in [0, 0.1) is 5.92 Å². The molecule has 0 saturated heterocycles. The highest BCUT2D eigenvalue weighted by Crippen LogP contribution is 2.07. The van der Waals surface area contributed by atoms with Gasteiger partial charge in [0, 0.05) is 13.0 Å². The van der Waals surface area contributed by atoms with E-state index in [1.165, 1.54) is 0 Å². The van der Waals surface area contributed by atoms with Gasteiger partial charge in [0.2, 0.25) is 23.6 Å². The summed E-state index contributed by atoms with van der Waals surface area (Å²) < 4.78 is 0. The summed E-state index contributed by atoms with van der Waals surface area (Å²) in [5.41, 5.74) is 21.1. The highest BCUT2D eigenvalue weighted by Gasteiger charge is 2.32. The number of nitrogens with one attached hydrogen (secondary N) is 3. The van der Waals surface area contributed by atoms with Gasteiger partial charge in [0.15, 0.2) is 5.96 Å². The summed E-state index contributed by atoms with van der Waals surface area (Å²) in [4.78, 5) is 75.2. The summed E-state index contributed by atoms with van der Waals surface area (Å²) in [6.07, 6.45) is -0.932. The summed E-state index contributed by atoms with van der Waals surface area (Å²) >= 11 is 0. The molecule has 0 fully saturated rings. The molecule has 0 aromatic heterocycles. The minimum absolute atomic E-state index is 0.0581. The van der Waals surface area contributed by atoms with Gasteiger partial charge in [-0.15, -0.1) is 0 Å². The van der Waals surface area contributed by atoms with Crippen molar-refractivity contribution in [2.24, 2.45) is 33.8 Å². The van der Waals surface area contributed by atoms with E-state index < -0.39 is 72.1 Å². The van der Waals surface area contributed by atoms with Gasteiger partial charge < -0.3 is 49.1 Å². The zero-order valence-electron chi connectivity index (χ0n) is 20.2. The second-order valence-corrected chi connectivity index (χ2v) is 8.35. The number of nitrogens with two attached hydrogens (primary N) is 4. The molecular formula is C20H36N8O8. The molecule has 0 bridgehead atoms. The molecule has 0 heterocycles. The van der Waals surface area contributed by atoms with E-state index in [1.807, 2.05) is 0 Å². The number of aliphatic imine (C=N–C) groups is 1. The Morgan fingerprint density at radius 2 is 1.42 bits per heavy atom. The molecule has 204 valence electrons. The maximum absolute atomic E-state index is 12.8. The van der Waals surface area contributed by atoms with E-state index in [9.17, 15) is 39.0 Å². The van der Waals surface area contributed by atoms with E-state index in [0.717, 1.165) is 0 Å². The van der Waals surface area contributed by atoms with Crippen molar-refractivity contribution < 1.29 is 39.0 Å². The van der Waals surface area contributed by atoms with Crippen molar-refractivity contribution in [1.29, 1.82) is 0 Å². The van der Waals surface area contributed by atoms with Crippen molar-refractivity contribution in [3.63, 3.8) is 0 Å². The van der Waals surface area contributed by atoms with Crippen LogP contribution in [0.25, 0.3) is 0 Å². The second kappa shape index (κ2) is 15.9. The van der Waals surface area contributed by atoms with Crippen molar-refractivity contribution in [2.75, 3.05) is 6.54 Å². The number of nitrogens with zero attached hydrogens (tertiary/aromatic N) is 1. The molecule has 16 heteroatoms. The Morgan fingerprint density at radius 1 is 0.833 bits per heavy atom. The lowest BCUT2D eigenvalue weighted by molar-refractivity contribution is -0.144. The number of guanidine groups is 1. The summed E-state index contributed by atoms with van der Waals surface area (Å²) in [5.74, 6) is -6.86. The van der Waals surface area contributed by atoms with E-state index in [0.29, 0.717) is 0 Å². The molecule has 13 N–H and O–H groups in total. The van der Waals surface area contributed by atoms with Gasteiger partial charge in [0.1, 0.15) is 18.1 Å². The Kier molecular flexibility index (Phi) is 14.1. The quantitative estimate of drug-likeness (QED) is 0.0514. The zero-order chi connectivity index (χ0) is 28.0. The van der Waals surface area contributed by atoms with E-state index in [2.05, 4.69) is 20.9 Å². The van der Waals surface area contributed by atoms with Gasteiger partial charge in [0.25, 0.3) is 0 Å². The largest absolute Gasteiger partial charge is 0.481 e. The third-order valence-electron chi connectivity index (χ3n) is 4.86. The van der Waals surface area contributed by atoms with Crippen molar-refractivity contribution in [3.05, 3.63) is 0 Å². The average molecular weight is 517 g/mol. The van der Waals surface area contributed by atoms with Crippen LogP contribution < -0.4 is 38.9 Å². The van der Waals surface area contributed by atoms with Crippen molar-refractivity contribution in [2.45, 2.75) is 70.1 Å². The van der Waals surface area contributed by atoms with Gasteiger partial charge in [-0.25, -0.2) is 4.79 Å². The third kappa shape index (κ3) is 13.1. The van der Waals surface area contributed by atoms with Crippen LogP contribution in [0.5, 0.6) is 0 Å². The van der Waals surface area contributed by atoms with Gasteiger partial charge in [-0.2, -0.15) is 0 Å². The van der Waals surface area contributed by atoms with Crippen LogP contribution in [0.15, 0.2) is 4.99 Å². The van der Waals surface area contributed by atoms with Crippen LogP contribution in [-0.2, 0) is 28.8 Å². The molecule has 16 nitrogen and oxygen atoms in total. The number of hydrogen-bond donors (Lipinski definition) is 9. The van der Waals surface area contributed by atoms with Crippen LogP contribution in [0.4, 0.5) is 0 Å². The lowest BCUT2D eigenvalue weighted by Gasteiger charge is -2.26. The Hall–Kier alpha value is -3.95. The van der Waals surface area contributed by atoms with Gasteiger partial charge >= 0.3 is 11.9 Å². The summed E-state index contributed by atoms with van der Waals surface area (Å²) in [7, 11) is 0. The average Bonchev–Trinajstić information content (AvgIpc) is 2.75. The maximum atomic E-state index is 12.8. The number of aliphatic carboxylic acids is 2. The lowest BCUT2D eigenvalue weighted by Crippen LogP contribution is -2.58. The molecule has 0 rings (SSSR count). The lowest BCUT2D eigenvalue weighted by atomic mass is 10.0. The summed E-state index contributed by atoms with van der Waals surface area (Å²) in [6, 6.07) is -5.39. The molecule has 4 unspecified atom stereocenters. The molecule has 0 spiro atoms. The number of hydrogen-bond acceptors (Lipinski definition) is 8. The molecule has 0 aromatic rings. The number of carbonyl (C=O) groups excluding carboxylic acids is 4. The van der Waals surface area contributed by atoms with Crippen LogP contribution in [-0.4, -0.2) is 82.5 Å². The number of carboxylic acid groups (broad SMARTS) is 2. The number of carboxylic acids is 2. The molecule has 0 saturated carbocycles. The second-order valence-electron chi connectivity index (χ2n) is 8.35. The molecule has 0 aliphatic heterocycles. The monoisotopic (exact) mass is 516 g/mol. The maximum Gasteiger partial charge on any atom is 0.326 e. The van der Waals surface area contributed by atoms with E-state index in [4.69, 9.17) is 22.9 Å². The van der Waals surface area contributed by atoms with Crippen molar-refractivity contribution in [1.82, 2.24) is 16.0 Å². The van der Waals surface area contributed by atoms with Gasteiger partial charge in [-0.1, -0.05) is 13.8 Å². The van der Waals surface area contributed by atoms with Gasteiger partial charge in [-0.3, -0.25) is 29.0 Å². The third-order valence-corrected chi connectivity index (χ3v) is 4.86. The van der Waals surface area contributed by atoms with Crippen molar-refractivity contribution >= 4 is 41.5 Å². The molecular weight excluding hydrogens is 480 g/mol. The minimum atomic E-state index is -1.64. The number of primary amides is 1. The highest BCUT2D eigenvalue weighted by atomic mass is 16.4. The Labute approximate surface area is 207 Å². The highest BCUT2D eigenvalue weighted by molar-refractivity contribution is 5.95. The number of amides is 4. The van der Waals surface area contributed by atoms with E-state index >= 15 is 0 Å². The first-order valence-electron chi connectivity index (χ1n) is 11.1. The SMILES string of the molecule is CC(C)C(NC(=O)C(N)CCC(N)=O)C(=O)NC(CC(=O)O)C(=O)NC(CCCN=C(N)N)C(=O)O. The van der Waals surface area contributed by atoms with Crippen LogP contribution in [0.1, 0.15) is 46.0 Å². The summed E-state index contributed by atoms with van der Waals surface area (Å²) in [5, 5.41) is 25.4.